The van der Waals surface area contributed by atoms with Gasteiger partial charge in [-0.25, -0.2) is 0 Å². The van der Waals surface area contributed by atoms with Crippen LogP contribution in [-0.2, 0) is 16.0 Å². The zero-order valence-corrected chi connectivity index (χ0v) is 4.34. The van der Waals surface area contributed by atoms with Crippen molar-refractivity contribution in [1.82, 2.24) is 0 Å². The minimum absolute atomic E-state index is 0.0312. The van der Waals surface area contributed by atoms with Gasteiger partial charge in [-0.3, -0.25) is 0 Å². The van der Waals surface area contributed by atoms with E-state index in [-0.39, 0.29) is 18.0 Å². The molecule has 0 rings (SSSR count). The second kappa shape index (κ2) is 3.62. The van der Waals surface area contributed by atoms with Crippen LogP contribution in [0.1, 0.15) is 0 Å². The van der Waals surface area contributed by atoms with Crippen LogP contribution >= 0.6 is 0 Å². The second-order valence-electron chi connectivity index (χ2n) is 0.942. The minimum atomic E-state index is -0.204. The van der Waals surface area contributed by atoms with Crippen LogP contribution in [0, 0.1) is 0 Å². The summed E-state index contributed by atoms with van der Waals surface area (Å²) in [6.45, 7) is -0.0625. The molecule has 0 heterocycles. The molecule has 0 saturated carbocycles. The molecule has 0 aliphatic heterocycles. The Balaban J connectivity index is 2.75. The molecular weight excluding hydrogens is 124 g/mol. The Hall–Kier alpha value is 0.439. The molecule has 0 aromatic heterocycles. The third kappa shape index (κ3) is 2.66. The molecule has 0 aromatic carbocycles. The zero-order chi connectivity index (χ0) is 4.99. The van der Waals surface area contributed by atoms with Crippen LogP contribution in [0.15, 0.2) is 0 Å². The molecular formula is C3H7FeO2. The van der Waals surface area contributed by atoms with Crippen LogP contribution in [0.25, 0.3) is 0 Å². The Kier molecular flexibility index (Phi) is 3.89. The Labute approximate surface area is 45.0 Å². The van der Waals surface area contributed by atoms with Crippen molar-refractivity contribution < 1.29 is 26.2 Å². The van der Waals surface area contributed by atoms with Crippen molar-refractivity contribution in [1.29, 1.82) is 0 Å². The molecule has 0 radical (unpaired) electrons. The summed E-state index contributed by atoms with van der Waals surface area (Å²) >= 11 is 3.38. The van der Waals surface area contributed by atoms with Gasteiger partial charge in [-0.2, -0.15) is 0 Å². The summed E-state index contributed by atoms with van der Waals surface area (Å²) in [5.74, 6) is 0. The number of aliphatic hydroxyl groups is 2. The number of aliphatic hydroxyl groups excluding tert-OH is 2. The molecule has 0 spiro atoms. The molecule has 3 heteroatoms. The first kappa shape index (κ1) is 6.44. The Morgan fingerprint density at radius 3 is 1.67 bits per heavy atom. The topological polar surface area (TPSA) is 40.5 Å². The summed E-state index contributed by atoms with van der Waals surface area (Å²) in [5.41, 5.74) is 0. The van der Waals surface area contributed by atoms with Gasteiger partial charge in [0.1, 0.15) is 0 Å². The molecule has 0 aromatic rings. The van der Waals surface area contributed by atoms with Gasteiger partial charge in [0.05, 0.1) is 0 Å². The molecule has 0 fully saturated rings. The molecule has 0 amide bonds. The Morgan fingerprint density at radius 1 is 1.33 bits per heavy atom. The molecule has 0 aliphatic rings. The van der Waals surface area contributed by atoms with Crippen LogP contribution in [0.2, 0.25) is 4.82 Å². The van der Waals surface area contributed by atoms with E-state index in [2.05, 4.69) is 16.0 Å². The summed E-state index contributed by atoms with van der Waals surface area (Å²) in [7, 11) is 0. The molecule has 39 valence electrons. The average Bonchev–Trinajstić information content (AvgIpc) is 1.65. The van der Waals surface area contributed by atoms with E-state index in [1.807, 2.05) is 0 Å². The third-order valence-corrected chi connectivity index (χ3v) is 0.790. The van der Waals surface area contributed by atoms with Gasteiger partial charge in [0.25, 0.3) is 0 Å². The number of hydrogen-bond acceptors (Lipinski definition) is 2. The van der Waals surface area contributed by atoms with E-state index in [1.165, 1.54) is 0 Å². The Bertz CT molecular complexity index is 28.0. The van der Waals surface area contributed by atoms with Gasteiger partial charge in [-0.1, -0.05) is 0 Å². The van der Waals surface area contributed by atoms with Crippen molar-refractivity contribution in [2.45, 2.75) is 4.82 Å². The van der Waals surface area contributed by atoms with Crippen molar-refractivity contribution in [3.63, 3.8) is 0 Å². The molecule has 2 nitrogen and oxygen atoms in total. The second-order valence-corrected chi connectivity index (χ2v) is 1.84. The first-order chi connectivity index (χ1) is 2.81. The molecule has 0 saturated heterocycles. The summed E-state index contributed by atoms with van der Waals surface area (Å²) in [4.78, 5) is -0.204. The van der Waals surface area contributed by atoms with Gasteiger partial charge in [0.15, 0.2) is 0 Å². The molecule has 0 bridgehead atoms. The zero-order valence-electron chi connectivity index (χ0n) is 3.24. The van der Waals surface area contributed by atoms with Gasteiger partial charge >= 0.3 is 44.3 Å². The van der Waals surface area contributed by atoms with Gasteiger partial charge < -0.3 is 0 Å². The molecule has 6 heavy (non-hydrogen) atoms. The van der Waals surface area contributed by atoms with Crippen molar-refractivity contribution >= 4 is 0 Å². The molecule has 0 atom stereocenters. The van der Waals surface area contributed by atoms with Crippen LogP contribution in [0.3, 0.4) is 0 Å². The molecule has 0 aliphatic carbocycles. The fraction of sp³-hybridized carbons (Fsp3) is 1.00. The van der Waals surface area contributed by atoms with Crippen LogP contribution in [0.5, 0.6) is 0 Å². The van der Waals surface area contributed by atoms with Crippen molar-refractivity contribution in [3.8, 4) is 0 Å². The van der Waals surface area contributed by atoms with Gasteiger partial charge in [-0.15, -0.1) is 0 Å². The van der Waals surface area contributed by atoms with Gasteiger partial charge in [-0.05, 0) is 0 Å². The van der Waals surface area contributed by atoms with E-state index in [0.29, 0.717) is 0 Å². The molecule has 2 N–H and O–H groups in total. The third-order valence-electron chi connectivity index (χ3n) is 0.387. The van der Waals surface area contributed by atoms with E-state index in [9.17, 15) is 0 Å². The van der Waals surface area contributed by atoms with Crippen LogP contribution in [0.4, 0.5) is 0 Å². The fourth-order valence-corrected chi connectivity index (χ4v) is 0.0577. The van der Waals surface area contributed by atoms with Crippen LogP contribution < -0.4 is 0 Å². The summed E-state index contributed by atoms with van der Waals surface area (Å²) in [6.07, 6.45) is 0. The van der Waals surface area contributed by atoms with Crippen molar-refractivity contribution in [3.05, 3.63) is 0 Å². The quantitative estimate of drug-likeness (QED) is 0.486. The van der Waals surface area contributed by atoms with E-state index >= 15 is 0 Å². The van der Waals surface area contributed by atoms with Gasteiger partial charge in [0, 0.05) is 0 Å². The van der Waals surface area contributed by atoms with Crippen LogP contribution in [-0.4, -0.2) is 23.4 Å². The normalized spacial score (nSPS) is 10.0. The monoisotopic (exact) mass is 131 g/mol. The fourth-order valence-electron chi connectivity index (χ4n) is 0.0577. The average molecular weight is 131 g/mol. The maximum atomic E-state index is 8.11. The van der Waals surface area contributed by atoms with Crippen molar-refractivity contribution in [2.24, 2.45) is 0 Å². The summed E-state index contributed by atoms with van der Waals surface area (Å²) in [6, 6.07) is 0. The van der Waals surface area contributed by atoms with E-state index in [4.69, 9.17) is 10.2 Å². The van der Waals surface area contributed by atoms with Crippen molar-refractivity contribution in [2.75, 3.05) is 13.2 Å². The van der Waals surface area contributed by atoms with E-state index in [0.717, 1.165) is 0 Å². The Morgan fingerprint density at radius 2 is 1.67 bits per heavy atom. The number of hydrogen-bond donors (Lipinski definition) is 2. The van der Waals surface area contributed by atoms with E-state index < -0.39 is 0 Å². The number of rotatable bonds is 2. The predicted molar refractivity (Wildman–Crippen MR) is 17.9 cm³/mol. The summed E-state index contributed by atoms with van der Waals surface area (Å²) < 4.78 is 0. The SMILES string of the molecule is OC[CH]([Fe])CO. The first-order valence-corrected chi connectivity index (χ1v) is 2.29. The standard InChI is InChI=1S/C3H7O2.Fe/c4-2-1-3-5;/h1,4-5H,2-3H2;. The summed E-state index contributed by atoms with van der Waals surface area (Å²) in [5, 5.41) is 16.2. The first-order valence-electron chi connectivity index (χ1n) is 1.65. The van der Waals surface area contributed by atoms with Gasteiger partial charge in [0.2, 0.25) is 0 Å². The molecule has 0 unspecified atom stereocenters. The van der Waals surface area contributed by atoms with E-state index in [1.54, 1.807) is 0 Å². The maximum absolute atomic E-state index is 8.11. The predicted octanol–water partition coefficient (Wildman–Crippen LogP) is -0.694.